The Morgan fingerprint density at radius 3 is 2.46 bits per heavy atom. The molecule has 0 aromatic heterocycles. The van der Waals surface area contributed by atoms with Gasteiger partial charge < -0.3 is 5.73 Å². The van der Waals surface area contributed by atoms with Crippen LogP contribution >= 0.6 is 0 Å². The van der Waals surface area contributed by atoms with Crippen molar-refractivity contribution in [3.63, 3.8) is 0 Å². The van der Waals surface area contributed by atoms with E-state index >= 15 is 0 Å². The summed E-state index contributed by atoms with van der Waals surface area (Å²) in [5, 5.41) is 14.1. The topological polar surface area (TPSA) is 77.0 Å². The van der Waals surface area contributed by atoms with Gasteiger partial charge in [0.05, 0.1) is 18.4 Å². The van der Waals surface area contributed by atoms with Gasteiger partial charge in [0.1, 0.15) is 0 Å². The highest BCUT2D eigenvalue weighted by atomic mass is 15.1. The summed E-state index contributed by atoms with van der Waals surface area (Å²) < 4.78 is 0. The highest BCUT2D eigenvalue weighted by Gasteiger charge is 2.05. The van der Waals surface area contributed by atoms with Crippen LogP contribution in [0, 0.1) is 17.7 Å². The fraction of sp³-hybridized carbons (Fsp3) is 0.111. The minimum absolute atomic E-state index is 0.672. The summed E-state index contributed by atoms with van der Waals surface area (Å²) in [6, 6.07) is 5.42. The number of nitrogens with two attached hydrogens (primary N) is 1. The van der Waals surface area contributed by atoms with Gasteiger partial charge in [0.25, 0.3) is 0 Å². The summed E-state index contributed by atoms with van der Waals surface area (Å²) in [5.74, 6) is 0. The monoisotopic (exact) mass is 176 g/mol. The van der Waals surface area contributed by atoms with Crippen LogP contribution in [-0.2, 0) is 0 Å². The van der Waals surface area contributed by atoms with Crippen molar-refractivity contribution in [3.8, 4) is 0 Å². The Bertz CT molecular complexity index is 324. The zero-order chi connectivity index (χ0) is 9.84. The van der Waals surface area contributed by atoms with E-state index in [9.17, 15) is 0 Å². The maximum absolute atomic E-state index is 7.07. The lowest BCUT2D eigenvalue weighted by Crippen LogP contribution is -2.18. The number of nitrogens with zero attached hydrogens (tertiary/aromatic N) is 1. The van der Waals surface area contributed by atoms with E-state index in [2.05, 4.69) is 0 Å². The van der Waals surface area contributed by atoms with Crippen molar-refractivity contribution in [1.29, 1.82) is 10.8 Å². The molecule has 0 heterocycles. The van der Waals surface area contributed by atoms with Crippen LogP contribution in [0.25, 0.3) is 0 Å². The number of hydrogen-bond donors (Lipinski definition) is 3. The van der Waals surface area contributed by atoms with Gasteiger partial charge in [-0.2, -0.15) is 0 Å². The first-order valence-electron chi connectivity index (χ1n) is 3.85. The molecule has 0 fully saturated rings. The molecule has 0 saturated heterocycles. The van der Waals surface area contributed by atoms with Gasteiger partial charge in [-0.1, -0.05) is 6.07 Å². The third-order valence-electron chi connectivity index (χ3n) is 1.90. The highest BCUT2D eigenvalue weighted by Crippen LogP contribution is 2.22. The molecular weight excluding hydrogens is 164 g/mol. The lowest BCUT2D eigenvalue weighted by Gasteiger charge is -2.15. The Labute approximate surface area is 77.0 Å². The molecule has 4 N–H and O–H groups in total. The Hall–Kier alpha value is -1.84. The normalized spacial score (nSPS) is 9.31. The standard InChI is InChI=1S/C9H12N4/c1-7-8(12)3-2-4-9(7)13(5-10)6-11/h2-6,10-11H,12H2,1H3. The second-order valence-corrected chi connectivity index (χ2v) is 2.66. The first-order valence-corrected chi connectivity index (χ1v) is 3.85. The molecule has 0 unspecified atom stereocenters. The number of rotatable bonds is 3. The van der Waals surface area contributed by atoms with E-state index in [1.54, 1.807) is 12.1 Å². The summed E-state index contributed by atoms with van der Waals surface area (Å²) in [4.78, 5) is 1.39. The van der Waals surface area contributed by atoms with Crippen molar-refractivity contribution < 1.29 is 0 Å². The summed E-state index contributed by atoms with van der Waals surface area (Å²) in [5.41, 5.74) is 8.02. The number of hydrogen-bond acceptors (Lipinski definition) is 3. The molecule has 4 nitrogen and oxygen atoms in total. The number of benzene rings is 1. The Morgan fingerprint density at radius 2 is 1.92 bits per heavy atom. The van der Waals surface area contributed by atoms with E-state index in [0.717, 1.165) is 23.9 Å². The van der Waals surface area contributed by atoms with Crippen LogP contribution in [0.1, 0.15) is 5.56 Å². The van der Waals surface area contributed by atoms with E-state index in [0.29, 0.717) is 5.69 Å². The average Bonchev–Trinajstić information content (AvgIpc) is 2.14. The molecule has 0 saturated carbocycles. The van der Waals surface area contributed by atoms with Gasteiger partial charge in [-0.15, -0.1) is 0 Å². The van der Waals surface area contributed by atoms with E-state index in [1.807, 2.05) is 13.0 Å². The van der Waals surface area contributed by atoms with Gasteiger partial charge in [-0.05, 0) is 24.6 Å². The van der Waals surface area contributed by atoms with Gasteiger partial charge >= 0.3 is 0 Å². The van der Waals surface area contributed by atoms with Gasteiger partial charge in [0.15, 0.2) is 0 Å². The SMILES string of the molecule is Cc1c(N)cccc1N(C=N)C=N. The molecule has 0 radical (unpaired) electrons. The number of nitrogens with one attached hydrogen (secondary N) is 2. The van der Waals surface area contributed by atoms with Crippen molar-refractivity contribution >= 4 is 24.1 Å². The number of nitrogen functional groups attached to an aromatic ring is 1. The molecule has 0 atom stereocenters. The van der Waals surface area contributed by atoms with Crippen molar-refractivity contribution in [2.45, 2.75) is 6.92 Å². The Balaban J connectivity index is 3.20. The summed E-state index contributed by atoms with van der Waals surface area (Å²) in [7, 11) is 0. The largest absolute Gasteiger partial charge is 0.398 e. The quantitative estimate of drug-likeness (QED) is 0.371. The molecule has 4 heteroatoms. The molecule has 0 aliphatic rings. The van der Waals surface area contributed by atoms with Crippen LogP contribution in [0.15, 0.2) is 18.2 Å². The molecule has 0 spiro atoms. The predicted octanol–water partition coefficient (Wildman–Crippen LogP) is 1.60. The Kier molecular flexibility index (Phi) is 2.64. The Morgan fingerprint density at radius 1 is 1.31 bits per heavy atom. The van der Waals surface area contributed by atoms with E-state index in [-0.39, 0.29) is 0 Å². The van der Waals surface area contributed by atoms with Crippen molar-refractivity contribution in [1.82, 2.24) is 0 Å². The molecule has 0 bridgehead atoms. The second-order valence-electron chi connectivity index (χ2n) is 2.66. The van der Waals surface area contributed by atoms with Crippen LogP contribution in [0.5, 0.6) is 0 Å². The third-order valence-corrected chi connectivity index (χ3v) is 1.90. The fourth-order valence-electron chi connectivity index (χ4n) is 1.10. The second kappa shape index (κ2) is 3.71. The smallest absolute Gasteiger partial charge is 0.0915 e. The lowest BCUT2D eigenvalue weighted by molar-refractivity contribution is 1.34. The zero-order valence-electron chi connectivity index (χ0n) is 7.41. The van der Waals surface area contributed by atoms with E-state index < -0.39 is 0 Å². The predicted molar refractivity (Wildman–Crippen MR) is 55.6 cm³/mol. The first kappa shape index (κ1) is 9.25. The summed E-state index contributed by atoms with van der Waals surface area (Å²) in [6.45, 7) is 1.87. The maximum atomic E-state index is 7.07. The zero-order valence-corrected chi connectivity index (χ0v) is 7.41. The van der Waals surface area contributed by atoms with Crippen LogP contribution in [0.2, 0.25) is 0 Å². The molecule has 0 aliphatic carbocycles. The average molecular weight is 176 g/mol. The van der Waals surface area contributed by atoms with Crippen molar-refractivity contribution in [2.24, 2.45) is 0 Å². The fourth-order valence-corrected chi connectivity index (χ4v) is 1.10. The van der Waals surface area contributed by atoms with Crippen LogP contribution in [0.3, 0.4) is 0 Å². The van der Waals surface area contributed by atoms with Gasteiger partial charge in [-0.25, -0.2) is 0 Å². The summed E-state index contributed by atoms with van der Waals surface area (Å²) >= 11 is 0. The van der Waals surface area contributed by atoms with Gasteiger partial charge in [0, 0.05) is 5.69 Å². The van der Waals surface area contributed by atoms with E-state index in [4.69, 9.17) is 16.6 Å². The summed E-state index contributed by atoms with van der Waals surface area (Å²) in [6.07, 6.45) is 2.16. The minimum Gasteiger partial charge on any atom is -0.398 e. The third kappa shape index (κ3) is 1.66. The molecule has 1 aromatic rings. The number of anilines is 2. The molecule has 13 heavy (non-hydrogen) atoms. The lowest BCUT2D eigenvalue weighted by atomic mass is 10.1. The molecular formula is C9H12N4. The molecule has 1 aromatic carbocycles. The maximum Gasteiger partial charge on any atom is 0.0915 e. The van der Waals surface area contributed by atoms with E-state index in [1.165, 1.54) is 4.90 Å². The molecule has 0 amide bonds. The van der Waals surface area contributed by atoms with Gasteiger partial charge in [0.2, 0.25) is 0 Å². The van der Waals surface area contributed by atoms with Crippen LogP contribution < -0.4 is 10.6 Å². The minimum atomic E-state index is 0.672. The van der Waals surface area contributed by atoms with Crippen LogP contribution in [-0.4, -0.2) is 12.7 Å². The highest BCUT2D eigenvalue weighted by molar-refractivity contribution is 5.99. The van der Waals surface area contributed by atoms with Gasteiger partial charge in [-0.3, -0.25) is 15.7 Å². The van der Waals surface area contributed by atoms with Crippen molar-refractivity contribution in [2.75, 3.05) is 10.6 Å². The van der Waals surface area contributed by atoms with Crippen molar-refractivity contribution in [3.05, 3.63) is 23.8 Å². The molecule has 68 valence electrons. The van der Waals surface area contributed by atoms with Crippen LogP contribution in [0.4, 0.5) is 11.4 Å². The molecule has 0 aliphatic heterocycles. The first-order chi connectivity index (χ1) is 6.20. The molecule has 1 rings (SSSR count).